The van der Waals surface area contributed by atoms with Crippen LogP contribution in [0.1, 0.15) is 25.5 Å². The average Bonchev–Trinajstić information content (AvgIpc) is 2.43. The first-order valence-corrected chi connectivity index (χ1v) is 6.70. The first-order chi connectivity index (χ1) is 9.50. The van der Waals surface area contributed by atoms with Gasteiger partial charge in [-0.25, -0.2) is 0 Å². The summed E-state index contributed by atoms with van der Waals surface area (Å²) < 4.78 is 5.85. The third kappa shape index (κ3) is 2.91. The molecule has 0 saturated heterocycles. The zero-order valence-electron chi connectivity index (χ0n) is 11.8. The molecule has 4 N–H and O–H groups in total. The first-order valence-electron chi connectivity index (χ1n) is 6.70. The lowest BCUT2D eigenvalue weighted by Gasteiger charge is -2.18. The molecule has 2 rings (SSSR count). The van der Waals surface area contributed by atoms with Crippen molar-refractivity contribution in [1.82, 2.24) is 0 Å². The fourth-order valence-electron chi connectivity index (χ4n) is 2.07. The van der Waals surface area contributed by atoms with Crippen LogP contribution < -0.4 is 16.2 Å². The molecule has 4 nitrogen and oxygen atoms in total. The van der Waals surface area contributed by atoms with Crippen molar-refractivity contribution >= 4 is 16.7 Å². The fourth-order valence-corrected chi connectivity index (χ4v) is 2.07. The lowest BCUT2D eigenvalue weighted by Crippen LogP contribution is -2.26. The number of primary amides is 1. The SMILES string of the molecule is CC(COc1c(C(C)N)ccc2ccccc12)C(N)=O. The van der Waals surface area contributed by atoms with Gasteiger partial charge in [0.05, 0.1) is 12.5 Å². The number of nitrogens with two attached hydrogens (primary N) is 2. The highest BCUT2D eigenvalue weighted by atomic mass is 16.5. The van der Waals surface area contributed by atoms with Gasteiger partial charge in [-0.05, 0) is 12.3 Å². The third-order valence-corrected chi connectivity index (χ3v) is 3.36. The molecule has 1 amide bonds. The Morgan fingerprint density at radius 1 is 1.20 bits per heavy atom. The van der Waals surface area contributed by atoms with E-state index in [1.54, 1.807) is 6.92 Å². The van der Waals surface area contributed by atoms with E-state index in [9.17, 15) is 4.79 Å². The standard InChI is InChI=1S/C16H20N2O2/c1-10(16(18)19)9-20-15-13(11(2)17)8-7-12-5-3-4-6-14(12)15/h3-8,10-11H,9,17H2,1-2H3,(H2,18,19). The molecule has 0 radical (unpaired) electrons. The fraction of sp³-hybridized carbons (Fsp3) is 0.312. The molecule has 0 spiro atoms. The molecule has 2 unspecified atom stereocenters. The predicted octanol–water partition coefficient (Wildman–Crippen LogP) is 2.36. The van der Waals surface area contributed by atoms with Crippen molar-refractivity contribution in [1.29, 1.82) is 0 Å². The van der Waals surface area contributed by atoms with E-state index in [1.807, 2.05) is 43.3 Å². The number of carbonyl (C=O) groups excluding carboxylic acids is 1. The Hall–Kier alpha value is -2.07. The summed E-state index contributed by atoms with van der Waals surface area (Å²) in [4.78, 5) is 11.1. The summed E-state index contributed by atoms with van der Waals surface area (Å²) in [5.74, 6) is 0.0358. The smallest absolute Gasteiger partial charge is 0.223 e. The van der Waals surface area contributed by atoms with Crippen LogP contribution in [0.4, 0.5) is 0 Å². The quantitative estimate of drug-likeness (QED) is 0.877. The van der Waals surface area contributed by atoms with Crippen molar-refractivity contribution in [2.24, 2.45) is 17.4 Å². The highest BCUT2D eigenvalue weighted by Crippen LogP contribution is 2.33. The van der Waals surface area contributed by atoms with Crippen LogP contribution in [0.15, 0.2) is 36.4 Å². The normalized spacial score (nSPS) is 13.9. The molecule has 0 fully saturated rings. The van der Waals surface area contributed by atoms with Gasteiger partial charge >= 0.3 is 0 Å². The van der Waals surface area contributed by atoms with Gasteiger partial charge in [0.15, 0.2) is 0 Å². The van der Waals surface area contributed by atoms with Gasteiger partial charge in [0.1, 0.15) is 5.75 Å². The molecule has 2 aromatic rings. The van der Waals surface area contributed by atoms with Gasteiger partial charge in [-0.15, -0.1) is 0 Å². The minimum atomic E-state index is -0.368. The van der Waals surface area contributed by atoms with E-state index >= 15 is 0 Å². The van der Waals surface area contributed by atoms with Gasteiger partial charge in [-0.2, -0.15) is 0 Å². The van der Waals surface area contributed by atoms with Gasteiger partial charge in [0.2, 0.25) is 5.91 Å². The number of hydrogen-bond donors (Lipinski definition) is 2. The third-order valence-electron chi connectivity index (χ3n) is 3.36. The number of amides is 1. The average molecular weight is 272 g/mol. The van der Waals surface area contributed by atoms with Crippen molar-refractivity contribution < 1.29 is 9.53 Å². The van der Waals surface area contributed by atoms with E-state index in [4.69, 9.17) is 16.2 Å². The summed E-state index contributed by atoms with van der Waals surface area (Å²) in [5.41, 5.74) is 12.2. The summed E-state index contributed by atoms with van der Waals surface area (Å²) in [7, 11) is 0. The summed E-state index contributed by atoms with van der Waals surface area (Å²) >= 11 is 0. The molecular weight excluding hydrogens is 252 g/mol. The molecule has 20 heavy (non-hydrogen) atoms. The minimum absolute atomic E-state index is 0.140. The Morgan fingerprint density at radius 2 is 1.90 bits per heavy atom. The Morgan fingerprint density at radius 3 is 2.55 bits per heavy atom. The molecule has 2 atom stereocenters. The molecule has 0 aliphatic rings. The molecule has 0 bridgehead atoms. The van der Waals surface area contributed by atoms with E-state index < -0.39 is 0 Å². The van der Waals surface area contributed by atoms with Crippen molar-refractivity contribution in [3.63, 3.8) is 0 Å². The molecule has 2 aromatic carbocycles. The number of ether oxygens (including phenoxy) is 1. The van der Waals surface area contributed by atoms with Crippen LogP contribution in [0, 0.1) is 5.92 Å². The van der Waals surface area contributed by atoms with E-state index in [2.05, 4.69) is 0 Å². The van der Waals surface area contributed by atoms with Crippen molar-refractivity contribution in [3.05, 3.63) is 42.0 Å². The van der Waals surface area contributed by atoms with Crippen molar-refractivity contribution in [3.8, 4) is 5.75 Å². The number of carbonyl (C=O) groups is 1. The van der Waals surface area contributed by atoms with Crippen molar-refractivity contribution in [2.75, 3.05) is 6.61 Å². The molecule has 0 aromatic heterocycles. The second-order valence-corrected chi connectivity index (χ2v) is 5.11. The molecule has 0 saturated carbocycles. The van der Waals surface area contributed by atoms with Gasteiger partial charge < -0.3 is 16.2 Å². The molecule has 0 aliphatic carbocycles. The molecule has 0 aliphatic heterocycles. The maximum Gasteiger partial charge on any atom is 0.223 e. The largest absolute Gasteiger partial charge is 0.492 e. The van der Waals surface area contributed by atoms with Crippen LogP contribution >= 0.6 is 0 Å². The summed E-state index contributed by atoms with van der Waals surface area (Å²) in [6, 6.07) is 11.8. The van der Waals surface area contributed by atoms with Gasteiger partial charge in [-0.3, -0.25) is 4.79 Å². The van der Waals surface area contributed by atoms with Crippen LogP contribution in [0.5, 0.6) is 5.75 Å². The Balaban J connectivity index is 2.42. The second-order valence-electron chi connectivity index (χ2n) is 5.11. The van der Waals surface area contributed by atoms with Crippen LogP contribution in [-0.2, 0) is 4.79 Å². The van der Waals surface area contributed by atoms with Crippen LogP contribution in [0.3, 0.4) is 0 Å². The van der Waals surface area contributed by atoms with Crippen LogP contribution in [0.2, 0.25) is 0 Å². The van der Waals surface area contributed by atoms with E-state index in [0.29, 0.717) is 0 Å². The molecule has 4 heteroatoms. The lowest BCUT2D eigenvalue weighted by atomic mass is 10.0. The Bertz CT molecular complexity index is 623. The van der Waals surface area contributed by atoms with Crippen LogP contribution in [0.25, 0.3) is 10.8 Å². The maximum atomic E-state index is 11.1. The van der Waals surface area contributed by atoms with Crippen molar-refractivity contribution in [2.45, 2.75) is 19.9 Å². The maximum absolute atomic E-state index is 11.1. The molecule has 0 heterocycles. The van der Waals surface area contributed by atoms with Gasteiger partial charge in [0, 0.05) is 17.0 Å². The number of rotatable bonds is 5. The topological polar surface area (TPSA) is 78.3 Å². The van der Waals surface area contributed by atoms with Gasteiger partial charge in [-0.1, -0.05) is 43.3 Å². The minimum Gasteiger partial charge on any atom is -0.492 e. The zero-order chi connectivity index (χ0) is 14.7. The van der Waals surface area contributed by atoms with E-state index in [1.165, 1.54) is 0 Å². The monoisotopic (exact) mass is 272 g/mol. The highest BCUT2D eigenvalue weighted by molar-refractivity contribution is 5.89. The number of hydrogen-bond acceptors (Lipinski definition) is 3. The Labute approximate surface area is 118 Å². The zero-order valence-corrected chi connectivity index (χ0v) is 11.8. The number of benzene rings is 2. The lowest BCUT2D eigenvalue weighted by molar-refractivity contribution is -0.122. The van der Waals surface area contributed by atoms with E-state index in [-0.39, 0.29) is 24.5 Å². The van der Waals surface area contributed by atoms with Gasteiger partial charge in [0.25, 0.3) is 0 Å². The summed E-state index contributed by atoms with van der Waals surface area (Å²) in [5, 5.41) is 2.08. The van der Waals surface area contributed by atoms with E-state index in [0.717, 1.165) is 22.1 Å². The highest BCUT2D eigenvalue weighted by Gasteiger charge is 2.15. The Kier molecular flexibility index (Phi) is 4.25. The number of fused-ring (bicyclic) bond motifs is 1. The second kappa shape index (κ2) is 5.92. The van der Waals surface area contributed by atoms with Crippen LogP contribution in [-0.4, -0.2) is 12.5 Å². The molecular formula is C16H20N2O2. The molecule has 106 valence electrons. The summed E-state index contributed by atoms with van der Waals surface area (Å²) in [6.07, 6.45) is 0. The predicted molar refractivity (Wildman–Crippen MR) is 80.4 cm³/mol. The summed E-state index contributed by atoms with van der Waals surface area (Å²) in [6.45, 7) is 3.91. The first kappa shape index (κ1) is 14.3.